The number of hydrogen-bond acceptors (Lipinski definition) is 4. The van der Waals surface area contributed by atoms with Crippen molar-refractivity contribution in [2.24, 2.45) is 17.3 Å². The second-order valence-electron chi connectivity index (χ2n) is 5.65. The zero-order chi connectivity index (χ0) is 18.0. The lowest BCUT2D eigenvalue weighted by atomic mass is 10.2. The van der Waals surface area contributed by atoms with Gasteiger partial charge in [0, 0.05) is 22.6 Å². The molecule has 0 bridgehead atoms. The summed E-state index contributed by atoms with van der Waals surface area (Å²) in [5, 5.41) is 21.7. The van der Waals surface area contributed by atoms with Gasteiger partial charge in [-0.05, 0) is 36.8 Å². The summed E-state index contributed by atoms with van der Waals surface area (Å²) in [5.41, 5.74) is 3.01. The topological polar surface area (TPSA) is 79.0 Å². The number of rotatable bonds is 4. The molecule has 1 aromatic heterocycles. The number of azo groups is 1. The van der Waals surface area contributed by atoms with Crippen LogP contribution in [0.15, 0.2) is 57.2 Å². The first kappa shape index (κ1) is 17.2. The van der Waals surface area contributed by atoms with Gasteiger partial charge in [-0.25, -0.2) is 0 Å². The molecular formula is C18H17BrN4O2. The van der Waals surface area contributed by atoms with Gasteiger partial charge in [-0.15, -0.1) is 10.2 Å². The van der Waals surface area contributed by atoms with Crippen LogP contribution in [0, 0.1) is 6.92 Å². The average Bonchev–Trinajstić information content (AvgIpc) is 2.83. The molecule has 0 saturated carbocycles. The Morgan fingerprint density at radius 2 is 2.04 bits per heavy atom. The summed E-state index contributed by atoms with van der Waals surface area (Å²) in [6.07, 6.45) is 0. The highest BCUT2D eigenvalue weighted by Gasteiger charge is 2.15. The number of fused-ring (bicyclic) bond motifs is 1. The first-order valence-corrected chi connectivity index (χ1v) is 8.47. The van der Waals surface area contributed by atoms with Crippen molar-refractivity contribution in [1.82, 2.24) is 4.57 Å². The molecule has 0 saturated heterocycles. The molecule has 7 heteroatoms. The summed E-state index contributed by atoms with van der Waals surface area (Å²) in [4.78, 5) is 12.0. The van der Waals surface area contributed by atoms with Crippen molar-refractivity contribution in [3.05, 3.63) is 52.5 Å². The fraction of sp³-hybridized carbons (Fsp3) is 0.167. The Kier molecular flexibility index (Phi) is 4.85. The van der Waals surface area contributed by atoms with E-state index in [9.17, 15) is 9.90 Å². The molecule has 2 N–H and O–H groups in total. The third-order valence-corrected chi connectivity index (χ3v) is 4.43. The van der Waals surface area contributed by atoms with Crippen molar-refractivity contribution in [2.45, 2.75) is 6.92 Å². The Bertz CT molecular complexity index is 979. The number of aryl methyl sites for hydroxylation is 2. The van der Waals surface area contributed by atoms with Gasteiger partial charge in [-0.2, -0.15) is 0 Å². The molecule has 0 radical (unpaired) electrons. The largest absolute Gasteiger partial charge is 0.493 e. The fourth-order valence-corrected chi connectivity index (χ4v) is 2.93. The van der Waals surface area contributed by atoms with Crippen LogP contribution in [0.3, 0.4) is 0 Å². The number of para-hydroxylation sites is 1. The predicted octanol–water partition coefficient (Wildman–Crippen LogP) is 4.68. The van der Waals surface area contributed by atoms with Crippen molar-refractivity contribution < 1.29 is 9.90 Å². The molecule has 6 nitrogen and oxygen atoms in total. The lowest BCUT2D eigenvalue weighted by Gasteiger charge is -2.06. The number of nitrogens with zero attached hydrogens (tertiary/aromatic N) is 3. The minimum absolute atomic E-state index is 0.0310. The van der Waals surface area contributed by atoms with Crippen molar-refractivity contribution >= 4 is 44.1 Å². The lowest BCUT2D eigenvalue weighted by Crippen LogP contribution is -2.11. The molecule has 25 heavy (non-hydrogen) atoms. The van der Waals surface area contributed by atoms with Crippen molar-refractivity contribution in [1.29, 1.82) is 0 Å². The van der Waals surface area contributed by atoms with Crippen LogP contribution in [0.5, 0.6) is 5.88 Å². The number of benzene rings is 2. The highest BCUT2D eigenvalue weighted by Crippen LogP contribution is 2.39. The van der Waals surface area contributed by atoms with Crippen LogP contribution in [0.25, 0.3) is 10.9 Å². The number of aromatic nitrogens is 1. The van der Waals surface area contributed by atoms with Crippen molar-refractivity contribution in [2.75, 3.05) is 11.9 Å². The number of carbonyl (C=O) groups excluding carboxylic acids is 1. The number of nitrogens with one attached hydrogen (secondary N) is 1. The summed E-state index contributed by atoms with van der Waals surface area (Å²) in [5.74, 6) is -0.453. The molecule has 3 rings (SSSR count). The lowest BCUT2D eigenvalue weighted by molar-refractivity contribution is -0.116. The number of anilines is 1. The SMILES string of the molecule is Cc1ccccc1NCC(=O)N=Nc1c(O)n(C)c2ccc(Br)cc12. The van der Waals surface area contributed by atoms with Crippen LogP contribution in [0.4, 0.5) is 11.4 Å². The van der Waals surface area contributed by atoms with Crippen molar-refractivity contribution in [3.63, 3.8) is 0 Å². The van der Waals surface area contributed by atoms with Gasteiger partial charge in [-0.1, -0.05) is 34.1 Å². The highest BCUT2D eigenvalue weighted by atomic mass is 79.9. The third kappa shape index (κ3) is 3.56. The van der Waals surface area contributed by atoms with E-state index in [1.807, 2.05) is 49.4 Å². The summed E-state index contributed by atoms with van der Waals surface area (Å²) < 4.78 is 2.46. The first-order chi connectivity index (χ1) is 12.0. The van der Waals surface area contributed by atoms with E-state index in [4.69, 9.17) is 0 Å². The number of halogens is 1. The number of hydrogen-bond donors (Lipinski definition) is 2. The maximum atomic E-state index is 12.0. The molecule has 0 spiro atoms. The number of amides is 1. The Labute approximate surface area is 153 Å². The van der Waals surface area contributed by atoms with E-state index in [1.165, 1.54) is 0 Å². The van der Waals surface area contributed by atoms with Crippen LogP contribution >= 0.6 is 15.9 Å². The Morgan fingerprint density at radius 3 is 2.80 bits per heavy atom. The summed E-state index contributed by atoms with van der Waals surface area (Å²) in [6.45, 7) is 1.99. The van der Waals surface area contributed by atoms with Crippen LogP contribution in [-0.2, 0) is 11.8 Å². The van der Waals surface area contributed by atoms with Gasteiger partial charge in [0.05, 0.1) is 12.1 Å². The van der Waals surface area contributed by atoms with Crippen LogP contribution in [-0.4, -0.2) is 22.1 Å². The third-order valence-electron chi connectivity index (χ3n) is 3.94. The van der Waals surface area contributed by atoms with Gasteiger partial charge >= 0.3 is 0 Å². The van der Waals surface area contributed by atoms with Gasteiger partial charge in [0.2, 0.25) is 5.88 Å². The average molecular weight is 401 g/mol. The van der Waals surface area contributed by atoms with Gasteiger partial charge in [0.25, 0.3) is 5.91 Å². The Balaban J connectivity index is 1.79. The van der Waals surface area contributed by atoms with E-state index in [1.54, 1.807) is 11.6 Å². The molecule has 0 atom stereocenters. The van der Waals surface area contributed by atoms with E-state index >= 15 is 0 Å². The number of aromatic hydroxyl groups is 1. The van der Waals surface area contributed by atoms with Gasteiger partial charge in [-0.3, -0.25) is 4.79 Å². The van der Waals surface area contributed by atoms with E-state index in [0.29, 0.717) is 0 Å². The molecule has 0 fully saturated rings. The molecule has 3 aromatic rings. The molecule has 0 aliphatic heterocycles. The molecule has 1 amide bonds. The van der Waals surface area contributed by atoms with E-state index in [-0.39, 0.29) is 18.1 Å². The molecule has 0 unspecified atom stereocenters. The van der Waals surface area contributed by atoms with Crippen molar-refractivity contribution in [3.8, 4) is 5.88 Å². The number of carbonyl (C=O) groups is 1. The summed E-state index contributed by atoms with van der Waals surface area (Å²) >= 11 is 3.40. The highest BCUT2D eigenvalue weighted by molar-refractivity contribution is 9.10. The van der Waals surface area contributed by atoms with E-state index in [0.717, 1.165) is 26.6 Å². The summed E-state index contributed by atoms with van der Waals surface area (Å²) in [6, 6.07) is 13.3. The molecule has 1 heterocycles. The van der Waals surface area contributed by atoms with Crippen LogP contribution < -0.4 is 5.32 Å². The Hall–Kier alpha value is -2.67. The normalized spacial score (nSPS) is 11.3. The molecule has 0 aliphatic rings. The molecule has 0 aliphatic carbocycles. The quantitative estimate of drug-likeness (QED) is 0.624. The summed E-state index contributed by atoms with van der Waals surface area (Å²) in [7, 11) is 1.73. The minimum atomic E-state index is -0.422. The maximum Gasteiger partial charge on any atom is 0.283 e. The van der Waals surface area contributed by atoms with Crippen LogP contribution in [0.2, 0.25) is 0 Å². The first-order valence-electron chi connectivity index (χ1n) is 7.68. The van der Waals surface area contributed by atoms with E-state index < -0.39 is 5.91 Å². The fourth-order valence-electron chi connectivity index (χ4n) is 2.57. The zero-order valence-electron chi connectivity index (χ0n) is 13.8. The van der Waals surface area contributed by atoms with Gasteiger partial charge < -0.3 is 15.0 Å². The van der Waals surface area contributed by atoms with E-state index in [2.05, 4.69) is 31.5 Å². The monoisotopic (exact) mass is 400 g/mol. The van der Waals surface area contributed by atoms with Gasteiger partial charge in [0.1, 0.15) is 0 Å². The zero-order valence-corrected chi connectivity index (χ0v) is 15.4. The maximum absolute atomic E-state index is 12.0. The predicted molar refractivity (Wildman–Crippen MR) is 101 cm³/mol. The molecule has 128 valence electrons. The van der Waals surface area contributed by atoms with Gasteiger partial charge in [0.15, 0.2) is 5.69 Å². The standard InChI is InChI=1S/C18H17BrN4O2/c1-11-5-3-4-6-14(11)20-10-16(24)21-22-17-13-9-12(19)7-8-15(13)23(2)18(17)25/h3-9,20,25H,10H2,1-2H3. The molecular weight excluding hydrogens is 384 g/mol. The minimum Gasteiger partial charge on any atom is -0.493 e. The molecule has 2 aromatic carbocycles. The van der Waals surface area contributed by atoms with Crippen LogP contribution in [0.1, 0.15) is 5.56 Å². The Morgan fingerprint density at radius 1 is 1.28 bits per heavy atom. The second-order valence-corrected chi connectivity index (χ2v) is 6.57. The second kappa shape index (κ2) is 7.06. The smallest absolute Gasteiger partial charge is 0.283 e.